The van der Waals surface area contributed by atoms with Crippen LogP contribution in [0, 0.1) is 6.92 Å². The lowest BCUT2D eigenvalue weighted by Crippen LogP contribution is -1.96. The molecule has 124 valence electrons. The fourth-order valence-electron chi connectivity index (χ4n) is 2.83. The molecule has 3 aromatic heterocycles. The number of nitrogens with zero attached hydrogens (tertiary/aromatic N) is 4. The van der Waals surface area contributed by atoms with Gasteiger partial charge in [0.2, 0.25) is 5.95 Å². The summed E-state index contributed by atoms with van der Waals surface area (Å²) < 4.78 is 2.70. The predicted octanol–water partition coefficient (Wildman–Crippen LogP) is 3.96. The molecule has 25 heavy (non-hydrogen) atoms. The van der Waals surface area contributed by atoms with E-state index in [1.807, 2.05) is 50.6 Å². The molecule has 0 radical (unpaired) electrons. The number of hydrogen-bond donors (Lipinski definition) is 1. The highest BCUT2D eigenvalue weighted by Crippen LogP contribution is 2.38. The summed E-state index contributed by atoms with van der Waals surface area (Å²) in [6, 6.07) is 7.57. The minimum Gasteiger partial charge on any atom is -0.321 e. The summed E-state index contributed by atoms with van der Waals surface area (Å²) in [4.78, 5) is 21.6. The molecular formula is C18H15N5OS. The molecule has 1 N–H and O–H groups in total. The summed E-state index contributed by atoms with van der Waals surface area (Å²) in [7, 11) is 1.85. The minimum absolute atomic E-state index is 0.503. The summed E-state index contributed by atoms with van der Waals surface area (Å²) in [6.45, 7) is 2.04. The quantitative estimate of drug-likeness (QED) is 0.565. The van der Waals surface area contributed by atoms with Crippen LogP contribution in [0.1, 0.15) is 15.2 Å². The van der Waals surface area contributed by atoms with Crippen molar-refractivity contribution in [3.8, 4) is 11.1 Å². The normalized spacial score (nSPS) is 11.0. The van der Waals surface area contributed by atoms with Gasteiger partial charge in [0, 0.05) is 29.2 Å². The molecule has 0 bridgehead atoms. The third kappa shape index (κ3) is 2.78. The SMILES string of the molecule is Cc1sc2cnc(Nc3cnn(C)c3)nc2c1-c1ccccc1C=O. The van der Waals surface area contributed by atoms with Crippen molar-refractivity contribution in [2.24, 2.45) is 7.05 Å². The number of thiophene rings is 1. The van der Waals surface area contributed by atoms with Crippen LogP contribution < -0.4 is 5.32 Å². The van der Waals surface area contributed by atoms with Crippen LogP contribution in [0.2, 0.25) is 0 Å². The number of carbonyl (C=O) groups excluding carboxylic acids is 1. The van der Waals surface area contributed by atoms with E-state index in [2.05, 4.69) is 20.4 Å². The molecule has 1 aromatic carbocycles. The maximum Gasteiger partial charge on any atom is 0.227 e. The zero-order chi connectivity index (χ0) is 17.4. The number of anilines is 2. The van der Waals surface area contributed by atoms with E-state index in [9.17, 15) is 4.79 Å². The Morgan fingerprint density at radius 2 is 2.08 bits per heavy atom. The number of carbonyl (C=O) groups is 1. The Labute approximate surface area is 148 Å². The second-order valence-corrected chi connectivity index (χ2v) is 6.93. The predicted molar refractivity (Wildman–Crippen MR) is 99.5 cm³/mol. The van der Waals surface area contributed by atoms with Gasteiger partial charge in [-0.1, -0.05) is 24.3 Å². The zero-order valence-corrected chi connectivity index (χ0v) is 14.5. The molecule has 0 unspecified atom stereocenters. The third-order valence-corrected chi connectivity index (χ3v) is 4.95. The second-order valence-electron chi connectivity index (χ2n) is 5.67. The first kappa shape index (κ1) is 15.5. The third-order valence-electron chi connectivity index (χ3n) is 3.93. The van der Waals surface area contributed by atoms with Crippen molar-refractivity contribution in [1.29, 1.82) is 0 Å². The average Bonchev–Trinajstić information content (AvgIpc) is 3.16. The van der Waals surface area contributed by atoms with Gasteiger partial charge in [-0.2, -0.15) is 5.10 Å². The molecule has 0 saturated heterocycles. The van der Waals surface area contributed by atoms with Crippen LogP contribution >= 0.6 is 11.3 Å². The molecular weight excluding hydrogens is 334 g/mol. The molecule has 0 atom stereocenters. The van der Waals surface area contributed by atoms with E-state index in [0.29, 0.717) is 11.5 Å². The van der Waals surface area contributed by atoms with Crippen LogP contribution in [0.5, 0.6) is 0 Å². The molecule has 0 aliphatic rings. The van der Waals surface area contributed by atoms with Crippen LogP contribution in [0.15, 0.2) is 42.9 Å². The Morgan fingerprint density at radius 1 is 1.24 bits per heavy atom. The maximum absolute atomic E-state index is 11.4. The second kappa shape index (κ2) is 6.10. The van der Waals surface area contributed by atoms with Crippen molar-refractivity contribution in [3.05, 3.63) is 53.3 Å². The number of aromatic nitrogens is 4. The summed E-state index contributed by atoms with van der Waals surface area (Å²) in [5.74, 6) is 0.503. The lowest BCUT2D eigenvalue weighted by Gasteiger charge is -2.06. The Bertz CT molecular complexity index is 1080. The molecule has 0 aliphatic carbocycles. The molecule has 0 aliphatic heterocycles. The van der Waals surface area contributed by atoms with Crippen LogP contribution in [-0.2, 0) is 7.05 Å². The fourth-order valence-corrected chi connectivity index (χ4v) is 3.82. The number of fused-ring (bicyclic) bond motifs is 1. The molecule has 0 fully saturated rings. The first-order chi connectivity index (χ1) is 12.2. The van der Waals surface area contributed by atoms with E-state index >= 15 is 0 Å². The highest BCUT2D eigenvalue weighted by molar-refractivity contribution is 7.19. The number of aldehydes is 1. The molecule has 0 amide bonds. The topological polar surface area (TPSA) is 72.7 Å². The van der Waals surface area contributed by atoms with Crippen LogP contribution in [0.3, 0.4) is 0 Å². The Morgan fingerprint density at radius 3 is 2.84 bits per heavy atom. The van der Waals surface area contributed by atoms with E-state index < -0.39 is 0 Å². The Balaban J connectivity index is 1.85. The highest BCUT2D eigenvalue weighted by atomic mass is 32.1. The van der Waals surface area contributed by atoms with Gasteiger partial charge >= 0.3 is 0 Å². The monoisotopic (exact) mass is 349 g/mol. The molecule has 0 saturated carbocycles. The number of rotatable bonds is 4. The van der Waals surface area contributed by atoms with E-state index in [4.69, 9.17) is 0 Å². The summed E-state index contributed by atoms with van der Waals surface area (Å²) >= 11 is 1.63. The highest BCUT2D eigenvalue weighted by Gasteiger charge is 2.16. The van der Waals surface area contributed by atoms with E-state index in [-0.39, 0.29) is 0 Å². The van der Waals surface area contributed by atoms with E-state index in [1.54, 1.807) is 22.2 Å². The van der Waals surface area contributed by atoms with Gasteiger partial charge in [-0.05, 0) is 12.5 Å². The lowest BCUT2D eigenvalue weighted by molar-refractivity contribution is 0.112. The van der Waals surface area contributed by atoms with Gasteiger partial charge in [-0.15, -0.1) is 11.3 Å². The number of hydrogen-bond acceptors (Lipinski definition) is 6. The van der Waals surface area contributed by atoms with Crippen molar-refractivity contribution in [2.45, 2.75) is 6.92 Å². The van der Waals surface area contributed by atoms with Crippen molar-refractivity contribution in [2.75, 3.05) is 5.32 Å². The summed E-state index contributed by atoms with van der Waals surface area (Å²) in [5.41, 5.74) is 4.21. The number of benzene rings is 1. The minimum atomic E-state index is 0.503. The van der Waals surface area contributed by atoms with Crippen LogP contribution in [0.25, 0.3) is 21.3 Å². The largest absolute Gasteiger partial charge is 0.321 e. The van der Waals surface area contributed by atoms with Gasteiger partial charge in [0.05, 0.1) is 28.3 Å². The van der Waals surface area contributed by atoms with Gasteiger partial charge < -0.3 is 5.32 Å². The number of nitrogens with one attached hydrogen (secondary N) is 1. The fraction of sp³-hybridized carbons (Fsp3) is 0.111. The summed E-state index contributed by atoms with van der Waals surface area (Å²) in [6.07, 6.45) is 6.27. The Hall–Kier alpha value is -3.06. The molecule has 4 aromatic rings. The summed E-state index contributed by atoms with van der Waals surface area (Å²) in [5, 5.41) is 7.29. The van der Waals surface area contributed by atoms with Crippen LogP contribution in [0.4, 0.5) is 11.6 Å². The van der Waals surface area contributed by atoms with E-state index in [0.717, 1.165) is 38.2 Å². The van der Waals surface area contributed by atoms with Gasteiger partial charge in [0.25, 0.3) is 0 Å². The lowest BCUT2D eigenvalue weighted by atomic mass is 10.0. The van der Waals surface area contributed by atoms with Gasteiger partial charge in [0.15, 0.2) is 6.29 Å². The molecule has 0 spiro atoms. The van der Waals surface area contributed by atoms with Gasteiger partial charge in [-0.3, -0.25) is 9.48 Å². The van der Waals surface area contributed by atoms with Crippen molar-refractivity contribution in [1.82, 2.24) is 19.7 Å². The smallest absolute Gasteiger partial charge is 0.227 e. The molecule has 3 heterocycles. The maximum atomic E-state index is 11.4. The zero-order valence-electron chi connectivity index (χ0n) is 13.7. The van der Waals surface area contributed by atoms with Gasteiger partial charge in [-0.25, -0.2) is 9.97 Å². The van der Waals surface area contributed by atoms with Gasteiger partial charge in [0.1, 0.15) is 0 Å². The molecule has 7 heteroatoms. The average molecular weight is 349 g/mol. The first-order valence-electron chi connectivity index (χ1n) is 7.72. The Kier molecular flexibility index (Phi) is 3.77. The molecule has 4 rings (SSSR count). The van der Waals surface area contributed by atoms with Crippen LogP contribution in [-0.4, -0.2) is 26.0 Å². The first-order valence-corrected chi connectivity index (χ1v) is 8.54. The number of aryl methyl sites for hydroxylation is 2. The van der Waals surface area contributed by atoms with E-state index in [1.165, 1.54) is 0 Å². The van der Waals surface area contributed by atoms with Crippen molar-refractivity contribution in [3.63, 3.8) is 0 Å². The van der Waals surface area contributed by atoms with Crippen molar-refractivity contribution < 1.29 is 4.79 Å². The molecule has 6 nitrogen and oxygen atoms in total. The van der Waals surface area contributed by atoms with Crippen molar-refractivity contribution >= 4 is 39.5 Å². The standard InChI is InChI=1S/C18H15N5OS/c1-11-16(14-6-4-3-5-12(14)10-24)17-15(25-11)8-19-18(22-17)21-13-7-20-23(2)9-13/h3-10H,1-2H3,(H,19,21,22).